The monoisotopic (exact) mass is 237 g/mol. The van der Waals surface area contributed by atoms with Crippen LogP contribution in [-0.4, -0.2) is 6.54 Å². The Morgan fingerprint density at radius 2 is 1.89 bits per heavy atom. The van der Waals surface area contributed by atoms with Crippen LogP contribution in [0.2, 0.25) is 0 Å². The molecule has 0 radical (unpaired) electrons. The summed E-state index contributed by atoms with van der Waals surface area (Å²) in [5.41, 5.74) is 7.89. The van der Waals surface area contributed by atoms with Crippen molar-refractivity contribution in [3.8, 4) is 11.8 Å². The molecule has 0 amide bonds. The van der Waals surface area contributed by atoms with Gasteiger partial charge in [0.15, 0.2) is 0 Å². The second-order valence-corrected chi connectivity index (χ2v) is 4.53. The van der Waals surface area contributed by atoms with E-state index in [1.807, 2.05) is 0 Å². The minimum Gasteiger partial charge on any atom is -0.330 e. The van der Waals surface area contributed by atoms with E-state index in [9.17, 15) is 0 Å². The number of fused-ring (bicyclic) bond motifs is 1. The van der Waals surface area contributed by atoms with Crippen LogP contribution in [-0.2, 0) is 0 Å². The van der Waals surface area contributed by atoms with Gasteiger partial charge in [0.1, 0.15) is 0 Å². The molecule has 0 spiro atoms. The molecule has 0 aliphatic carbocycles. The van der Waals surface area contributed by atoms with Crippen LogP contribution in [0, 0.1) is 18.8 Å². The molecular formula is C17H19N. The van der Waals surface area contributed by atoms with Gasteiger partial charge in [-0.2, -0.15) is 0 Å². The van der Waals surface area contributed by atoms with Crippen molar-refractivity contribution in [2.75, 3.05) is 6.54 Å². The van der Waals surface area contributed by atoms with Crippen LogP contribution in [0.4, 0.5) is 0 Å². The lowest BCUT2D eigenvalue weighted by molar-refractivity contribution is 0.768. The number of hydrogen-bond donors (Lipinski definition) is 1. The van der Waals surface area contributed by atoms with Crippen molar-refractivity contribution in [1.82, 2.24) is 0 Å². The highest BCUT2D eigenvalue weighted by Gasteiger charge is 2.00. The van der Waals surface area contributed by atoms with E-state index in [0.717, 1.165) is 25.8 Å². The average molecular weight is 237 g/mol. The fourth-order valence-electron chi connectivity index (χ4n) is 2.06. The zero-order valence-corrected chi connectivity index (χ0v) is 10.9. The maximum Gasteiger partial charge on any atom is 0.0352 e. The van der Waals surface area contributed by atoms with Crippen molar-refractivity contribution in [3.63, 3.8) is 0 Å². The summed E-state index contributed by atoms with van der Waals surface area (Å²) < 4.78 is 0. The Labute approximate surface area is 109 Å². The number of rotatable bonds is 3. The highest BCUT2D eigenvalue weighted by Crippen LogP contribution is 2.21. The Morgan fingerprint density at radius 1 is 1.06 bits per heavy atom. The molecule has 0 unspecified atom stereocenters. The normalized spacial score (nSPS) is 10.1. The molecular weight excluding hydrogens is 218 g/mol. The molecule has 0 aliphatic heterocycles. The molecule has 2 aromatic carbocycles. The molecule has 0 saturated carbocycles. The first-order valence-corrected chi connectivity index (χ1v) is 6.50. The third-order valence-corrected chi connectivity index (χ3v) is 3.11. The number of benzene rings is 2. The summed E-state index contributed by atoms with van der Waals surface area (Å²) in [5, 5.41) is 2.51. The van der Waals surface area contributed by atoms with Crippen molar-refractivity contribution >= 4 is 10.8 Å². The molecule has 0 aromatic heterocycles. The standard InChI is InChI=1S/C17H19N/c1-14-11-12-15-8-5-6-10-17(15)16(14)9-4-2-3-7-13-18/h5-6,8,10-12H,2-3,7,13,18H2,1H3. The summed E-state index contributed by atoms with van der Waals surface area (Å²) in [7, 11) is 0. The smallest absolute Gasteiger partial charge is 0.0352 e. The fourth-order valence-corrected chi connectivity index (χ4v) is 2.06. The predicted octanol–water partition coefficient (Wildman–Crippen LogP) is 3.63. The number of unbranched alkanes of at least 4 members (excludes halogenated alkanes) is 2. The van der Waals surface area contributed by atoms with Gasteiger partial charge in [-0.1, -0.05) is 48.2 Å². The second kappa shape index (κ2) is 6.23. The van der Waals surface area contributed by atoms with Gasteiger partial charge in [-0.15, -0.1) is 0 Å². The van der Waals surface area contributed by atoms with Crippen LogP contribution in [0.3, 0.4) is 0 Å². The molecule has 0 heterocycles. The summed E-state index contributed by atoms with van der Waals surface area (Å²) in [4.78, 5) is 0. The van der Waals surface area contributed by atoms with Crippen molar-refractivity contribution in [3.05, 3.63) is 47.5 Å². The quantitative estimate of drug-likeness (QED) is 0.640. The molecule has 18 heavy (non-hydrogen) atoms. The van der Waals surface area contributed by atoms with Gasteiger partial charge in [-0.05, 0) is 42.6 Å². The Kier molecular flexibility index (Phi) is 4.39. The Bertz CT molecular complexity index is 587. The molecule has 2 N–H and O–H groups in total. The molecule has 1 nitrogen and oxygen atoms in total. The minimum atomic E-state index is 0.759. The molecule has 1 heteroatoms. The number of hydrogen-bond acceptors (Lipinski definition) is 1. The highest BCUT2D eigenvalue weighted by atomic mass is 14.5. The number of nitrogens with two attached hydrogens (primary N) is 1. The Hall–Kier alpha value is -1.78. The molecule has 0 bridgehead atoms. The third-order valence-electron chi connectivity index (χ3n) is 3.11. The maximum atomic E-state index is 5.47. The van der Waals surface area contributed by atoms with Crippen molar-refractivity contribution in [2.45, 2.75) is 26.2 Å². The van der Waals surface area contributed by atoms with Crippen molar-refractivity contribution in [1.29, 1.82) is 0 Å². The summed E-state index contributed by atoms with van der Waals surface area (Å²) in [6.45, 7) is 2.88. The van der Waals surface area contributed by atoms with Gasteiger partial charge in [-0.3, -0.25) is 0 Å². The maximum absolute atomic E-state index is 5.47. The molecule has 2 aromatic rings. The van der Waals surface area contributed by atoms with Gasteiger partial charge in [-0.25, -0.2) is 0 Å². The first-order valence-electron chi connectivity index (χ1n) is 6.50. The second-order valence-electron chi connectivity index (χ2n) is 4.53. The van der Waals surface area contributed by atoms with Gasteiger partial charge in [0, 0.05) is 12.0 Å². The lowest BCUT2D eigenvalue weighted by atomic mass is 10.00. The van der Waals surface area contributed by atoms with Crippen molar-refractivity contribution in [2.24, 2.45) is 5.73 Å². The molecule has 0 aliphatic rings. The molecule has 2 rings (SSSR count). The summed E-state index contributed by atoms with van der Waals surface area (Å²) in [6.07, 6.45) is 3.08. The average Bonchev–Trinajstić information content (AvgIpc) is 2.41. The lowest BCUT2D eigenvalue weighted by Crippen LogP contribution is -1.97. The van der Waals surface area contributed by atoms with E-state index in [1.165, 1.54) is 21.9 Å². The van der Waals surface area contributed by atoms with Crippen LogP contribution in [0.5, 0.6) is 0 Å². The van der Waals surface area contributed by atoms with Gasteiger partial charge in [0.2, 0.25) is 0 Å². The van der Waals surface area contributed by atoms with E-state index in [4.69, 9.17) is 5.73 Å². The topological polar surface area (TPSA) is 26.0 Å². The predicted molar refractivity (Wildman–Crippen MR) is 78.5 cm³/mol. The lowest BCUT2D eigenvalue weighted by Gasteiger charge is -2.04. The third kappa shape index (κ3) is 2.91. The van der Waals surface area contributed by atoms with Gasteiger partial charge < -0.3 is 5.73 Å². The summed E-state index contributed by atoms with van der Waals surface area (Å²) in [5.74, 6) is 6.59. The summed E-state index contributed by atoms with van der Waals surface area (Å²) >= 11 is 0. The van der Waals surface area contributed by atoms with Crippen LogP contribution >= 0.6 is 0 Å². The van der Waals surface area contributed by atoms with Crippen LogP contribution in [0.15, 0.2) is 36.4 Å². The first kappa shape index (κ1) is 12.7. The molecule has 0 saturated heterocycles. The van der Waals surface area contributed by atoms with E-state index in [2.05, 4.69) is 55.2 Å². The largest absolute Gasteiger partial charge is 0.330 e. The molecule has 0 fully saturated rings. The SMILES string of the molecule is Cc1ccc2ccccc2c1C#CCCCCN. The van der Waals surface area contributed by atoms with Gasteiger partial charge in [0.25, 0.3) is 0 Å². The highest BCUT2D eigenvalue weighted by molar-refractivity contribution is 5.89. The summed E-state index contributed by atoms with van der Waals surface area (Å²) in [6, 6.07) is 12.7. The van der Waals surface area contributed by atoms with E-state index in [0.29, 0.717) is 0 Å². The van der Waals surface area contributed by atoms with Gasteiger partial charge in [0.05, 0.1) is 0 Å². The molecule has 92 valence electrons. The van der Waals surface area contributed by atoms with Crippen LogP contribution < -0.4 is 5.73 Å². The number of aryl methyl sites for hydroxylation is 1. The van der Waals surface area contributed by atoms with Gasteiger partial charge >= 0.3 is 0 Å². The minimum absolute atomic E-state index is 0.759. The van der Waals surface area contributed by atoms with Crippen LogP contribution in [0.1, 0.15) is 30.4 Å². The first-order chi connectivity index (χ1) is 8.83. The Balaban J connectivity index is 2.29. The van der Waals surface area contributed by atoms with E-state index in [1.54, 1.807) is 0 Å². The zero-order valence-electron chi connectivity index (χ0n) is 10.9. The van der Waals surface area contributed by atoms with E-state index < -0.39 is 0 Å². The van der Waals surface area contributed by atoms with Crippen molar-refractivity contribution < 1.29 is 0 Å². The fraction of sp³-hybridized carbons (Fsp3) is 0.294. The van der Waals surface area contributed by atoms with E-state index in [-0.39, 0.29) is 0 Å². The Morgan fingerprint density at radius 3 is 2.72 bits per heavy atom. The zero-order chi connectivity index (χ0) is 12.8. The van der Waals surface area contributed by atoms with Crippen LogP contribution in [0.25, 0.3) is 10.8 Å². The van der Waals surface area contributed by atoms with E-state index >= 15 is 0 Å². The molecule has 0 atom stereocenters.